The summed E-state index contributed by atoms with van der Waals surface area (Å²) in [5, 5.41) is 3.23. The third kappa shape index (κ3) is 6.01. The van der Waals surface area contributed by atoms with E-state index >= 15 is 0 Å². The number of nitrogens with one attached hydrogen (secondary N) is 1. The van der Waals surface area contributed by atoms with Gasteiger partial charge < -0.3 is 21.9 Å². The number of nitrogens with zero attached hydrogens (tertiary/aromatic N) is 1. The summed E-state index contributed by atoms with van der Waals surface area (Å²) in [5.41, 5.74) is 17.0. The van der Waals surface area contributed by atoms with Gasteiger partial charge in [-0.2, -0.15) is 0 Å². The molecule has 0 heterocycles. The minimum atomic E-state index is -0.425. The van der Waals surface area contributed by atoms with Crippen LogP contribution in [0.5, 0.6) is 5.75 Å². The number of nitrogens with two attached hydrogens (primary N) is 3. The van der Waals surface area contributed by atoms with Crippen LogP contribution < -0.4 is 27.3 Å². The van der Waals surface area contributed by atoms with Gasteiger partial charge in [-0.05, 0) is 37.5 Å². The zero-order chi connectivity index (χ0) is 16.5. The quantitative estimate of drug-likeness (QED) is 0.295. The molecule has 0 saturated heterocycles. The lowest BCUT2D eigenvalue weighted by Gasteiger charge is -2.21. The summed E-state index contributed by atoms with van der Waals surface area (Å²) in [4.78, 5) is 15.4. The second-order valence-electron chi connectivity index (χ2n) is 5.07. The number of guanidine groups is 1. The number of hydrogen-bond acceptors (Lipinski definition) is 4. The number of carbonyl (C=O) groups is 1. The highest BCUT2D eigenvalue weighted by Gasteiger charge is 2.18. The summed E-state index contributed by atoms with van der Waals surface area (Å²) in [6.07, 6.45) is 1.25. The average Bonchev–Trinajstić information content (AvgIpc) is 2.49. The standard InChI is InChI=1S/C15H25N5O2/c1-10(11-5-7-12(22-2)8-6-11)20-13(14(16)21)4-3-9-19-15(17)18/h5-8,10,13,20H,3-4,9H2,1-2H3,(H2,16,21)(H4,17,18,19)/t10?,13-/m0/s1. The topological polar surface area (TPSA) is 129 Å². The summed E-state index contributed by atoms with van der Waals surface area (Å²) < 4.78 is 5.13. The van der Waals surface area contributed by atoms with Gasteiger partial charge in [0.1, 0.15) is 5.75 Å². The molecule has 0 fully saturated rings. The van der Waals surface area contributed by atoms with E-state index in [1.54, 1.807) is 7.11 Å². The highest BCUT2D eigenvalue weighted by molar-refractivity contribution is 5.79. The van der Waals surface area contributed by atoms with Gasteiger partial charge in [0.2, 0.25) is 5.91 Å². The van der Waals surface area contributed by atoms with Crippen molar-refractivity contribution in [3.63, 3.8) is 0 Å². The van der Waals surface area contributed by atoms with Gasteiger partial charge in [0, 0.05) is 12.6 Å². The van der Waals surface area contributed by atoms with Gasteiger partial charge in [0.25, 0.3) is 0 Å². The molecule has 1 amide bonds. The van der Waals surface area contributed by atoms with E-state index in [0.29, 0.717) is 19.4 Å². The van der Waals surface area contributed by atoms with Gasteiger partial charge in [-0.15, -0.1) is 0 Å². The van der Waals surface area contributed by atoms with E-state index in [1.165, 1.54) is 0 Å². The fraction of sp³-hybridized carbons (Fsp3) is 0.467. The Morgan fingerprint density at radius 1 is 1.27 bits per heavy atom. The Labute approximate surface area is 130 Å². The van der Waals surface area contributed by atoms with E-state index in [2.05, 4.69) is 10.3 Å². The molecule has 0 saturated carbocycles. The van der Waals surface area contributed by atoms with Gasteiger partial charge >= 0.3 is 0 Å². The summed E-state index contributed by atoms with van der Waals surface area (Å²) in [6.45, 7) is 2.46. The Balaban J connectivity index is 2.57. The van der Waals surface area contributed by atoms with Gasteiger partial charge in [0.15, 0.2) is 5.96 Å². The number of methoxy groups -OCH3 is 1. The normalized spacial score (nSPS) is 13.2. The Morgan fingerprint density at radius 3 is 2.41 bits per heavy atom. The SMILES string of the molecule is COc1ccc(C(C)N[C@@H](CCCN=C(N)N)C(N)=O)cc1. The van der Waals surface area contributed by atoms with Crippen molar-refractivity contribution >= 4 is 11.9 Å². The van der Waals surface area contributed by atoms with E-state index in [0.717, 1.165) is 11.3 Å². The number of benzene rings is 1. The molecule has 0 aromatic heterocycles. The minimum Gasteiger partial charge on any atom is -0.497 e. The molecule has 22 heavy (non-hydrogen) atoms. The first-order valence-corrected chi connectivity index (χ1v) is 7.18. The van der Waals surface area contributed by atoms with Gasteiger partial charge in [-0.1, -0.05) is 12.1 Å². The number of aliphatic imine (C=N–C) groups is 1. The lowest BCUT2D eigenvalue weighted by molar-refractivity contribution is -0.120. The van der Waals surface area contributed by atoms with Crippen molar-refractivity contribution in [2.75, 3.05) is 13.7 Å². The molecule has 7 nitrogen and oxygen atoms in total. The Kier molecular flexibility index (Phi) is 7.18. The van der Waals surface area contributed by atoms with E-state index in [9.17, 15) is 4.79 Å². The van der Waals surface area contributed by atoms with Crippen LogP contribution in [0.3, 0.4) is 0 Å². The van der Waals surface area contributed by atoms with Gasteiger partial charge in [-0.3, -0.25) is 15.1 Å². The zero-order valence-electron chi connectivity index (χ0n) is 13.1. The predicted octanol–water partition coefficient (Wildman–Crippen LogP) is 0.253. The maximum atomic E-state index is 11.5. The second kappa shape index (κ2) is 8.89. The second-order valence-corrected chi connectivity index (χ2v) is 5.07. The molecule has 0 aliphatic heterocycles. The molecule has 0 bridgehead atoms. The molecule has 0 radical (unpaired) electrons. The molecule has 7 heteroatoms. The van der Waals surface area contributed by atoms with Crippen molar-refractivity contribution in [2.45, 2.75) is 31.8 Å². The largest absolute Gasteiger partial charge is 0.497 e. The minimum absolute atomic E-state index is 0.00788. The maximum Gasteiger partial charge on any atom is 0.234 e. The highest BCUT2D eigenvalue weighted by Crippen LogP contribution is 2.18. The summed E-state index contributed by atoms with van der Waals surface area (Å²) in [5.74, 6) is 0.458. The van der Waals surface area contributed by atoms with E-state index in [4.69, 9.17) is 21.9 Å². The van der Waals surface area contributed by atoms with Gasteiger partial charge in [-0.25, -0.2) is 0 Å². The smallest absolute Gasteiger partial charge is 0.234 e. The van der Waals surface area contributed by atoms with E-state index < -0.39 is 6.04 Å². The number of carbonyl (C=O) groups excluding carboxylic acids is 1. The van der Waals surface area contributed by atoms with Crippen LogP contribution in [0.4, 0.5) is 0 Å². The molecular formula is C15H25N5O2. The summed E-state index contributed by atoms with van der Waals surface area (Å²) in [7, 11) is 1.62. The van der Waals surface area contributed by atoms with Crippen molar-refractivity contribution in [3.05, 3.63) is 29.8 Å². The molecule has 122 valence electrons. The molecule has 1 aromatic carbocycles. The number of rotatable bonds is 9. The Hall–Kier alpha value is -2.28. The monoisotopic (exact) mass is 307 g/mol. The molecule has 0 aliphatic carbocycles. The highest BCUT2D eigenvalue weighted by atomic mass is 16.5. The number of primary amides is 1. The van der Waals surface area contributed by atoms with E-state index in [1.807, 2.05) is 31.2 Å². The van der Waals surface area contributed by atoms with Crippen LogP contribution in [0.15, 0.2) is 29.3 Å². The van der Waals surface area contributed by atoms with Crippen molar-refractivity contribution in [1.29, 1.82) is 0 Å². The van der Waals surface area contributed by atoms with Crippen LogP contribution in [0.25, 0.3) is 0 Å². The van der Waals surface area contributed by atoms with Crippen LogP contribution in [0.2, 0.25) is 0 Å². The third-order valence-electron chi connectivity index (χ3n) is 3.36. The van der Waals surface area contributed by atoms with Crippen molar-refractivity contribution in [1.82, 2.24) is 5.32 Å². The zero-order valence-corrected chi connectivity index (χ0v) is 13.1. The molecule has 2 atom stereocenters. The molecular weight excluding hydrogens is 282 g/mol. The third-order valence-corrected chi connectivity index (χ3v) is 3.36. The lowest BCUT2D eigenvalue weighted by Crippen LogP contribution is -2.42. The Morgan fingerprint density at radius 2 is 1.91 bits per heavy atom. The van der Waals surface area contributed by atoms with Crippen LogP contribution in [-0.4, -0.2) is 31.6 Å². The number of ether oxygens (including phenoxy) is 1. The first-order valence-electron chi connectivity index (χ1n) is 7.18. The van der Waals surface area contributed by atoms with Crippen LogP contribution in [-0.2, 0) is 4.79 Å². The first kappa shape index (κ1) is 17.8. The van der Waals surface area contributed by atoms with Gasteiger partial charge in [0.05, 0.1) is 13.2 Å². The molecule has 7 N–H and O–H groups in total. The maximum absolute atomic E-state index is 11.5. The van der Waals surface area contributed by atoms with Crippen molar-refractivity contribution in [3.8, 4) is 5.75 Å². The fourth-order valence-electron chi connectivity index (χ4n) is 2.10. The van der Waals surface area contributed by atoms with Crippen LogP contribution in [0, 0.1) is 0 Å². The summed E-state index contributed by atoms with van der Waals surface area (Å²) in [6, 6.07) is 7.23. The fourth-order valence-corrected chi connectivity index (χ4v) is 2.10. The molecule has 1 rings (SSSR count). The predicted molar refractivity (Wildman–Crippen MR) is 87.4 cm³/mol. The van der Waals surface area contributed by atoms with Crippen LogP contribution >= 0.6 is 0 Å². The number of amides is 1. The molecule has 0 aliphatic rings. The first-order chi connectivity index (χ1) is 10.4. The Bertz CT molecular complexity index is 497. The van der Waals surface area contributed by atoms with Crippen molar-refractivity contribution < 1.29 is 9.53 Å². The molecule has 1 unspecified atom stereocenters. The van der Waals surface area contributed by atoms with E-state index in [-0.39, 0.29) is 17.9 Å². The number of hydrogen-bond donors (Lipinski definition) is 4. The average molecular weight is 307 g/mol. The van der Waals surface area contributed by atoms with Crippen molar-refractivity contribution in [2.24, 2.45) is 22.2 Å². The molecule has 0 spiro atoms. The summed E-state index contributed by atoms with van der Waals surface area (Å²) >= 11 is 0. The molecule has 1 aromatic rings. The lowest BCUT2D eigenvalue weighted by atomic mass is 10.0. The van der Waals surface area contributed by atoms with Crippen LogP contribution in [0.1, 0.15) is 31.4 Å².